The normalized spacial score (nSPS) is 12.5. The second-order valence-corrected chi connectivity index (χ2v) is 9.85. The molecule has 0 bridgehead atoms. The maximum atomic E-state index is 12.8. The van der Waals surface area contributed by atoms with Gasteiger partial charge < -0.3 is 9.67 Å². The average molecular weight is 374 g/mol. The van der Waals surface area contributed by atoms with Crippen LogP contribution in [0.15, 0.2) is 29.4 Å². The Hall–Kier alpha value is -1.68. The van der Waals surface area contributed by atoms with Crippen molar-refractivity contribution in [1.29, 1.82) is 0 Å². The van der Waals surface area contributed by atoms with Gasteiger partial charge in [-0.1, -0.05) is 53.7 Å². The summed E-state index contributed by atoms with van der Waals surface area (Å²) in [5, 5.41) is 11.9. The standard InChI is InChI=1S/C22H31NO2S/c1-21(2,3)16-9-14(10-17(20(16)25)22(4,5)6)11-18(24)15-12-19(26-8)23(7)13-15/h9-10,12-13,25H,11H2,1-8H3. The predicted molar refractivity (Wildman–Crippen MR) is 111 cm³/mol. The molecule has 0 saturated heterocycles. The summed E-state index contributed by atoms with van der Waals surface area (Å²) in [5.41, 5.74) is 3.09. The lowest BCUT2D eigenvalue weighted by Crippen LogP contribution is -2.18. The maximum Gasteiger partial charge on any atom is 0.168 e. The average Bonchev–Trinajstić information content (AvgIpc) is 2.87. The van der Waals surface area contributed by atoms with Gasteiger partial charge in [0, 0.05) is 25.2 Å². The molecule has 4 heteroatoms. The van der Waals surface area contributed by atoms with Crippen molar-refractivity contribution in [3.63, 3.8) is 0 Å². The molecule has 1 heterocycles. The van der Waals surface area contributed by atoms with Crippen molar-refractivity contribution in [1.82, 2.24) is 4.57 Å². The van der Waals surface area contributed by atoms with Gasteiger partial charge in [-0.25, -0.2) is 0 Å². The number of phenols is 1. The number of nitrogens with zero attached hydrogens (tertiary/aromatic N) is 1. The molecule has 142 valence electrons. The molecule has 0 aliphatic carbocycles. The summed E-state index contributed by atoms with van der Waals surface area (Å²) >= 11 is 1.63. The molecule has 0 atom stereocenters. The number of carbonyl (C=O) groups excluding carboxylic acids is 1. The van der Waals surface area contributed by atoms with E-state index in [0.29, 0.717) is 12.2 Å². The Bertz CT molecular complexity index is 785. The van der Waals surface area contributed by atoms with Crippen molar-refractivity contribution in [2.75, 3.05) is 6.26 Å². The van der Waals surface area contributed by atoms with E-state index >= 15 is 0 Å². The lowest BCUT2D eigenvalue weighted by Gasteiger charge is -2.28. The summed E-state index contributed by atoms with van der Waals surface area (Å²) in [6.45, 7) is 12.5. The number of thioether (sulfide) groups is 1. The number of benzene rings is 1. The van der Waals surface area contributed by atoms with E-state index in [9.17, 15) is 9.90 Å². The molecule has 1 aromatic heterocycles. The summed E-state index contributed by atoms with van der Waals surface area (Å²) < 4.78 is 1.98. The van der Waals surface area contributed by atoms with Crippen molar-refractivity contribution in [3.8, 4) is 5.75 Å². The van der Waals surface area contributed by atoms with Crippen LogP contribution in [0.4, 0.5) is 0 Å². The molecular formula is C22H31NO2S. The smallest absolute Gasteiger partial charge is 0.168 e. The minimum atomic E-state index is -0.193. The zero-order valence-corrected chi connectivity index (χ0v) is 18.0. The first-order valence-electron chi connectivity index (χ1n) is 8.95. The van der Waals surface area contributed by atoms with Crippen LogP contribution >= 0.6 is 11.8 Å². The van der Waals surface area contributed by atoms with Gasteiger partial charge in [0.1, 0.15) is 5.75 Å². The molecule has 0 fully saturated rings. The lowest BCUT2D eigenvalue weighted by atomic mass is 9.78. The fourth-order valence-corrected chi connectivity index (χ4v) is 3.71. The largest absolute Gasteiger partial charge is 0.507 e. The van der Waals surface area contributed by atoms with Crippen molar-refractivity contribution in [3.05, 3.63) is 46.6 Å². The van der Waals surface area contributed by atoms with Gasteiger partial charge in [0.15, 0.2) is 5.78 Å². The molecular weight excluding hydrogens is 342 g/mol. The van der Waals surface area contributed by atoms with Gasteiger partial charge in [0.25, 0.3) is 0 Å². The summed E-state index contributed by atoms with van der Waals surface area (Å²) in [4.78, 5) is 12.8. The van der Waals surface area contributed by atoms with Gasteiger partial charge in [-0.3, -0.25) is 4.79 Å². The molecule has 0 aliphatic heterocycles. The van der Waals surface area contributed by atoms with Crippen LogP contribution in [0.25, 0.3) is 0 Å². The summed E-state index contributed by atoms with van der Waals surface area (Å²) in [6.07, 6.45) is 4.24. The van der Waals surface area contributed by atoms with Crippen LogP contribution in [0.1, 0.15) is 68.6 Å². The Morgan fingerprint density at radius 1 is 1.04 bits per heavy atom. The van der Waals surface area contributed by atoms with Crippen molar-refractivity contribution in [2.45, 2.75) is 63.8 Å². The minimum Gasteiger partial charge on any atom is -0.507 e. The molecule has 1 aromatic carbocycles. The summed E-state index contributed by atoms with van der Waals surface area (Å²) in [5.74, 6) is 0.455. The van der Waals surface area contributed by atoms with E-state index in [1.54, 1.807) is 11.8 Å². The van der Waals surface area contributed by atoms with Gasteiger partial charge in [-0.05, 0) is 39.8 Å². The van der Waals surface area contributed by atoms with Crippen LogP contribution in [0.5, 0.6) is 5.75 Å². The van der Waals surface area contributed by atoms with Crippen molar-refractivity contribution < 1.29 is 9.90 Å². The number of aromatic hydroxyl groups is 1. The molecule has 0 aliphatic rings. The Morgan fingerprint density at radius 2 is 1.54 bits per heavy atom. The predicted octanol–water partition coefficient (Wildman–Crippen LogP) is 5.47. The van der Waals surface area contributed by atoms with E-state index in [4.69, 9.17) is 0 Å². The lowest BCUT2D eigenvalue weighted by molar-refractivity contribution is 0.0992. The number of hydrogen-bond donors (Lipinski definition) is 1. The zero-order valence-electron chi connectivity index (χ0n) is 17.2. The Labute approximate surface area is 161 Å². The number of aryl methyl sites for hydroxylation is 1. The van der Waals surface area contributed by atoms with Crippen LogP contribution in [-0.2, 0) is 24.3 Å². The molecule has 0 saturated carbocycles. The zero-order chi connectivity index (χ0) is 19.9. The molecule has 1 N–H and O–H groups in total. The monoisotopic (exact) mass is 373 g/mol. The van der Waals surface area contributed by atoms with Gasteiger partial charge in [0.2, 0.25) is 0 Å². The number of hydrogen-bond acceptors (Lipinski definition) is 3. The fourth-order valence-electron chi connectivity index (χ4n) is 3.13. The number of aromatic nitrogens is 1. The molecule has 2 aromatic rings. The fraction of sp³-hybridized carbons (Fsp3) is 0.500. The first-order chi connectivity index (χ1) is 11.8. The van der Waals surface area contributed by atoms with E-state index in [2.05, 4.69) is 41.5 Å². The van der Waals surface area contributed by atoms with Crippen LogP contribution in [0, 0.1) is 0 Å². The first-order valence-corrected chi connectivity index (χ1v) is 10.2. The number of phenolic OH excluding ortho intramolecular Hbond substituents is 1. The molecule has 0 unspecified atom stereocenters. The molecule has 26 heavy (non-hydrogen) atoms. The molecule has 0 radical (unpaired) electrons. The highest BCUT2D eigenvalue weighted by molar-refractivity contribution is 7.98. The van der Waals surface area contributed by atoms with Gasteiger partial charge in [-0.2, -0.15) is 0 Å². The van der Waals surface area contributed by atoms with E-state index in [0.717, 1.165) is 27.3 Å². The van der Waals surface area contributed by atoms with Gasteiger partial charge >= 0.3 is 0 Å². The van der Waals surface area contributed by atoms with Gasteiger partial charge in [-0.15, -0.1) is 11.8 Å². The number of ketones is 1. The number of Topliss-reactive ketones (excluding diaryl/α,β-unsaturated/α-hetero) is 1. The topological polar surface area (TPSA) is 42.2 Å². The highest BCUT2D eigenvalue weighted by atomic mass is 32.2. The second-order valence-electron chi connectivity index (χ2n) is 9.02. The Balaban J connectivity index is 2.47. The highest BCUT2D eigenvalue weighted by Crippen LogP contribution is 2.40. The third kappa shape index (κ3) is 4.35. The van der Waals surface area contributed by atoms with E-state index in [1.165, 1.54) is 0 Å². The van der Waals surface area contributed by atoms with E-state index < -0.39 is 0 Å². The summed E-state index contributed by atoms with van der Waals surface area (Å²) in [7, 11) is 1.96. The van der Waals surface area contributed by atoms with Crippen LogP contribution in [0.3, 0.4) is 0 Å². The second kappa shape index (κ2) is 7.15. The molecule has 0 amide bonds. The molecule has 3 nitrogen and oxygen atoms in total. The Morgan fingerprint density at radius 3 is 1.92 bits per heavy atom. The maximum absolute atomic E-state index is 12.8. The summed E-state index contributed by atoms with van der Waals surface area (Å²) in [6, 6.07) is 5.92. The third-order valence-corrected chi connectivity index (χ3v) is 5.46. The minimum absolute atomic E-state index is 0.103. The molecule has 0 spiro atoms. The van der Waals surface area contributed by atoms with Crippen LogP contribution in [0.2, 0.25) is 0 Å². The quantitative estimate of drug-likeness (QED) is 0.570. The Kier molecular flexibility index (Phi) is 5.67. The van der Waals surface area contributed by atoms with Crippen LogP contribution in [-0.4, -0.2) is 21.7 Å². The van der Waals surface area contributed by atoms with Gasteiger partial charge in [0.05, 0.1) is 5.03 Å². The van der Waals surface area contributed by atoms with E-state index in [-0.39, 0.29) is 16.6 Å². The third-order valence-electron chi connectivity index (χ3n) is 4.64. The highest BCUT2D eigenvalue weighted by Gasteiger charge is 2.27. The number of rotatable bonds is 4. The first kappa shape index (κ1) is 20.6. The van der Waals surface area contributed by atoms with Crippen molar-refractivity contribution in [2.24, 2.45) is 7.05 Å². The van der Waals surface area contributed by atoms with E-state index in [1.807, 2.05) is 42.3 Å². The molecule has 2 rings (SSSR count). The van der Waals surface area contributed by atoms with Crippen LogP contribution < -0.4 is 0 Å². The SMILES string of the molecule is CSc1cc(C(=O)Cc2cc(C(C)(C)C)c(O)c(C(C)(C)C)c2)cn1C. The number of carbonyl (C=O) groups is 1. The van der Waals surface area contributed by atoms with Crippen molar-refractivity contribution >= 4 is 17.5 Å².